The van der Waals surface area contributed by atoms with Gasteiger partial charge in [-0.1, -0.05) is 0 Å². The minimum Gasteiger partial charge on any atom is -0.496 e. The molecule has 0 aliphatic rings. The molecular weight excluding hydrogens is 465 g/mol. The van der Waals surface area contributed by atoms with Crippen molar-refractivity contribution in [1.29, 1.82) is 0 Å². The number of benzene rings is 1. The number of hydrogen-bond acceptors (Lipinski definition) is 3. The lowest BCUT2D eigenvalue weighted by Crippen LogP contribution is -2.13. The highest BCUT2D eigenvalue weighted by Crippen LogP contribution is 2.40. The Balaban J connectivity index is 2.52. The molecule has 0 spiro atoms. The molecule has 1 atom stereocenters. The summed E-state index contributed by atoms with van der Waals surface area (Å²) in [6, 6.07) is 4.52. The van der Waals surface area contributed by atoms with Crippen LogP contribution in [0.5, 0.6) is 5.75 Å². The number of nitrogens with two attached hydrogens (primary N) is 1. The first-order valence-electron chi connectivity index (χ1n) is 5.17. The van der Waals surface area contributed by atoms with Gasteiger partial charge in [0.05, 0.1) is 25.2 Å². The van der Waals surface area contributed by atoms with Crippen molar-refractivity contribution in [3.63, 3.8) is 0 Å². The van der Waals surface area contributed by atoms with Gasteiger partial charge in [-0.25, -0.2) is 4.39 Å². The van der Waals surface area contributed by atoms with Crippen molar-refractivity contribution in [2.45, 2.75) is 6.04 Å². The number of rotatable bonds is 3. The summed E-state index contributed by atoms with van der Waals surface area (Å²) in [5.74, 6) is 0.0563. The highest BCUT2D eigenvalue weighted by Gasteiger charge is 2.20. The van der Waals surface area contributed by atoms with E-state index in [1.807, 2.05) is 6.07 Å². The second kappa shape index (κ2) is 6.22. The molecule has 0 aliphatic carbocycles. The van der Waals surface area contributed by atoms with E-state index in [1.54, 1.807) is 6.07 Å². The Hall–Kier alpha value is 0.0500. The van der Waals surface area contributed by atoms with Gasteiger partial charge in [0.1, 0.15) is 11.6 Å². The molecule has 2 N–H and O–H groups in total. The van der Waals surface area contributed by atoms with Gasteiger partial charge in [-0.3, -0.25) is 0 Å². The lowest BCUT2D eigenvalue weighted by molar-refractivity contribution is 0.404. The van der Waals surface area contributed by atoms with E-state index in [2.05, 4.69) is 47.8 Å². The van der Waals surface area contributed by atoms with Gasteiger partial charge < -0.3 is 10.5 Å². The van der Waals surface area contributed by atoms with E-state index in [0.29, 0.717) is 10.2 Å². The molecule has 0 saturated heterocycles. The molecule has 0 radical (unpaired) electrons. The highest BCUT2D eigenvalue weighted by atomic mass is 79.9. The predicted octanol–water partition coefficient (Wildman–Crippen LogP) is 5.23. The van der Waals surface area contributed by atoms with Crippen LogP contribution in [-0.2, 0) is 0 Å². The standard InChI is InChI=1S/C12H9Br3FNOS/c1-18-9-4-8(16)7(13)2-5(9)11(17)6-3-10(14)19-12(6)15/h2-4,11H,17H2,1H3. The third-order valence-electron chi connectivity index (χ3n) is 2.63. The maximum absolute atomic E-state index is 13.5. The predicted molar refractivity (Wildman–Crippen MR) is 86.4 cm³/mol. The summed E-state index contributed by atoms with van der Waals surface area (Å²) in [5, 5.41) is 0. The van der Waals surface area contributed by atoms with Gasteiger partial charge in [-0.15, -0.1) is 11.3 Å². The van der Waals surface area contributed by atoms with Crippen LogP contribution in [0.3, 0.4) is 0 Å². The monoisotopic (exact) mass is 471 g/mol. The molecule has 2 nitrogen and oxygen atoms in total. The Morgan fingerprint density at radius 2 is 1.89 bits per heavy atom. The van der Waals surface area contributed by atoms with E-state index in [-0.39, 0.29) is 5.82 Å². The Morgan fingerprint density at radius 1 is 1.21 bits per heavy atom. The number of ether oxygens (including phenoxy) is 1. The van der Waals surface area contributed by atoms with Crippen molar-refractivity contribution in [3.05, 3.63) is 47.2 Å². The number of methoxy groups -OCH3 is 1. The molecule has 2 aromatic rings. The number of thiophene rings is 1. The molecule has 1 unspecified atom stereocenters. The third kappa shape index (κ3) is 3.21. The van der Waals surface area contributed by atoms with Crippen LogP contribution < -0.4 is 10.5 Å². The summed E-state index contributed by atoms with van der Waals surface area (Å²) in [6.07, 6.45) is 0. The zero-order valence-corrected chi connectivity index (χ0v) is 15.3. The van der Waals surface area contributed by atoms with E-state index in [1.165, 1.54) is 24.5 Å². The van der Waals surface area contributed by atoms with Crippen molar-refractivity contribution in [2.24, 2.45) is 5.73 Å². The van der Waals surface area contributed by atoms with Crippen molar-refractivity contribution >= 4 is 59.1 Å². The van der Waals surface area contributed by atoms with Gasteiger partial charge >= 0.3 is 0 Å². The van der Waals surface area contributed by atoms with Gasteiger partial charge in [0, 0.05) is 11.6 Å². The van der Waals surface area contributed by atoms with E-state index in [9.17, 15) is 4.39 Å². The maximum atomic E-state index is 13.5. The largest absolute Gasteiger partial charge is 0.496 e. The zero-order chi connectivity index (χ0) is 14.2. The Labute approximate surface area is 139 Å². The Kier molecular flexibility index (Phi) is 5.05. The van der Waals surface area contributed by atoms with Crippen molar-refractivity contribution in [2.75, 3.05) is 7.11 Å². The second-order valence-electron chi connectivity index (χ2n) is 3.77. The smallest absolute Gasteiger partial charge is 0.141 e. The molecule has 19 heavy (non-hydrogen) atoms. The minimum absolute atomic E-state index is 0.365. The van der Waals surface area contributed by atoms with Crippen LogP contribution in [0.1, 0.15) is 17.2 Å². The molecule has 0 amide bonds. The molecule has 1 aromatic carbocycles. The van der Waals surface area contributed by atoms with Crippen molar-refractivity contribution in [1.82, 2.24) is 0 Å². The van der Waals surface area contributed by atoms with Gasteiger partial charge in [-0.2, -0.15) is 0 Å². The first-order chi connectivity index (χ1) is 8.93. The quantitative estimate of drug-likeness (QED) is 0.662. The molecule has 1 aromatic heterocycles. The first-order valence-corrected chi connectivity index (χ1v) is 8.36. The van der Waals surface area contributed by atoms with Crippen LogP contribution in [0, 0.1) is 5.82 Å². The lowest BCUT2D eigenvalue weighted by atomic mass is 10.0. The van der Waals surface area contributed by atoms with Gasteiger partial charge in [-0.05, 0) is 65.5 Å². The molecule has 1 heterocycles. The van der Waals surface area contributed by atoms with Crippen LogP contribution in [-0.4, -0.2) is 7.11 Å². The second-order valence-corrected chi connectivity index (χ2v) is 8.37. The number of hydrogen-bond donors (Lipinski definition) is 1. The van der Waals surface area contributed by atoms with E-state index in [0.717, 1.165) is 18.7 Å². The van der Waals surface area contributed by atoms with Crippen LogP contribution in [0.4, 0.5) is 4.39 Å². The highest BCUT2D eigenvalue weighted by molar-refractivity contribution is 9.12. The average Bonchev–Trinajstić information content (AvgIpc) is 2.70. The molecule has 0 bridgehead atoms. The van der Waals surface area contributed by atoms with Gasteiger partial charge in [0.25, 0.3) is 0 Å². The summed E-state index contributed by atoms with van der Waals surface area (Å²) in [4.78, 5) is 0. The average molecular weight is 474 g/mol. The molecule has 102 valence electrons. The minimum atomic E-state index is -0.399. The molecule has 2 rings (SSSR count). The fraction of sp³-hybridized carbons (Fsp3) is 0.167. The van der Waals surface area contributed by atoms with Crippen molar-refractivity contribution in [3.8, 4) is 5.75 Å². The summed E-state index contributed by atoms with van der Waals surface area (Å²) in [6.45, 7) is 0. The molecule has 0 aliphatic heterocycles. The van der Waals surface area contributed by atoms with E-state index >= 15 is 0 Å². The fourth-order valence-electron chi connectivity index (χ4n) is 1.70. The van der Waals surface area contributed by atoms with Crippen LogP contribution in [0.15, 0.2) is 30.2 Å². The van der Waals surface area contributed by atoms with E-state index < -0.39 is 6.04 Å². The lowest BCUT2D eigenvalue weighted by Gasteiger charge is -2.16. The summed E-state index contributed by atoms with van der Waals surface area (Å²) >= 11 is 11.6. The maximum Gasteiger partial charge on any atom is 0.141 e. The number of halogens is 4. The third-order valence-corrected chi connectivity index (χ3v) is 5.62. The SMILES string of the molecule is COc1cc(F)c(Br)cc1C(N)c1cc(Br)sc1Br. The molecule has 0 fully saturated rings. The molecule has 7 heteroatoms. The topological polar surface area (TPSA) is 35.2 Å². The van der Waals surface area contributed by atoms with Crippen LogP contribution in [0.2, 0.25) is 0 Å². The summed E-state index contributed by atoms with van der Waals surface area (Å²) < 4.78 is 21.0. The summed E-state index contributed by atoms with van der Waals surface area (Å²) in [5.41, 5.74) is 7.91. The Morgan fingerprint density at radius 3 is 2.42 bits per heavy atom. The normalized spacial score (nSPS) is 12.5. The fourth-order valence-corrected chi connectivity index (χ4v) is 4.99. The van der Waals surface area contributed by atoms with E-state index in [4.69, 9.17) is 10.5 Å². The molecule has 0 saturated carbocycles. The molecular formula is C12H9Br3FNOS. The van der Waals surface area contributed by atoms with Gasteiger partial charge in [0.2, 0.25) is 0 Å². The van der Waals surface area contributed by atoms with Gasteiger partial charge in [0.15, 0.2) is 0 Å². The first kappa shape index (κ1) is 15.4. The van der Waals surface area contributed by atoms with Crippen LogP contribution >= 0.6 is 59.1 Å². The Bertz CT molecular complexity index is 617. The van der Waals surface area contributed by atoms with Crippen molar-refractivity contribution < 1.29 is 9.13 Å². The summed E-state index contributed by atoms with van der Waals surface area (Å²) in [7, 11) is 1.50. The zero-order valence-electron chi connectivity index (χ0n) is 9.72. The van der Waals surface area contributed by atoms with Crippen LogP contribution in [0.25, 0.3) is 0 Å².